The number of fused-ring (bicyclic) bond motifs is 1. The lowest BCUT2D eigenvalue weighted by molar-refractivity contribution is 0.0890. The molecule has 1 amide bonds. The maximum absolute atomic E-state index is 12.2. The van der Waals surface area contributed by atoms with Gasteiger partial charge in [0.05, 0.1) is 12.1 Å². The summed E-state index contributed by atoms with van der Waals surface area (Å²) in [7, 11) is 0. The van der Waals surface area contributed by atoms with E-state index in [1.54, 1.807) is 0 Å². The molecule has 3 rings (SSSR count). The number of aromatic amines is 1. The Balaban J connectivity index is 1.82. The summed E-state index contributed by atoms with van der Waals surface area (Å²) in [5.74, 6) is -0.0421. The Morgan fingerprint density at radius 1 is 1.44 bits per heavy atom. The molecule has 0 aliphatic carbocycles. The van der Waals surface area contributed by atoms with Crippen LogP contribution in [0.25, 0.3) is 10.9 Å². The fraction of sp³-hybridized carbons (Fsp3) is 0.357. The van der Waals surface area contributed by atoms with E-state index in [0.717, 1.165) is 17.3 Å². The van der Waals surface area contributed by atoms with Gasteiger partial charge in [-0.2, -0.15) is 0 Å². The summed E-state index contributed by atoms with van der Waals surface area (Å²) < 4.78 is 5.33. The molecule has 2 aromatic rings. The number of hydrogen-bond donors (Lipinski definition) is 2. The van der Waals surface area contributed by atoms with Crippen LogP contribution in [0.2, 0.25) is 0 Å². The average Bonchev–Trinajstić information content (AvgIpc) is 2.96. The maximum atomic E-state index is 12.2. The highest BCUT2D eigenvalue weighted by Gasteiger charge is 2.31. The van der Waals surface area contributed by atoms with Gasteiger partial charge >= 0.3 is 0 Å². The lowest BCUT2D eigenvalue weighted by Crippen LogP contribution is -2.46. The minimum atomic E-state index is -0.234. The molecule has 18 heavy (non-hydrogen) atoms. The first-order valence-corrected chi connectivity index (χ1v) is 6.14. The van der Waals surface area contributed by atoms with Crippen molar-refractivity contribution in [3.05, 3.63) is 36.0 Å². The highest BCUT2D eigenvalue weighted by atomic mass is 16.5. The number of rotatable bonds is 2. The molecule has 4 heteroatoms. The molecular weight excluding hydrogens is 228 g/mol. The molecule has 94 valence electrons. The minimum Gasteiger partial charge on any atom is -0.379 e. The van der Waals surface area contributed by atoms with Crippen molar-refractivity contribution in [1.82, 2.24) is 10.3 Å². The molecule has 1 saturated heterocycles. The summed E-state index contributed by atoms with van der Waals surface area (Å²) in [6.07, 6.45) is 2.74. The van der Waals surface area contributed by atoms with Gasteiger partial charge in [-0.1, -0.05) is 6.07 Å². The largest absolute Gasteiger partial charge is 0.379 e. The van der Waals surface area contributed by atoms with E-state index >= 15 is 0 Å². The van der Waals surface area contributed by atoms with E-state index in [1.165, 1.54) is 0 Å². The van der Waals surface area contributed by atoms with Crippen LogP contribution >= 0.6 is 0 Å². The first kappa shape index (κ1) is 11.3. The highest BCUT2D eigenvalue weighted by molar-refractivity contribution is 5.98. The summed E-state index contributed by atoms with van der Waals surface area (Å²) in [6.45, 7) is 3.32. The molecule has 4 nitrogen and oxygen atoms in total. The van der Waals surface area contributed by atoms with Crippen molar-refractivity contribution in [2.75, 3.05) is 13.2 Å². The van der Waals surface area contributed by atoms with Crippen LogP contribution in [-0.2, 0) is 4.74 Å². The number of benzene rings is 1. The van der Waals surface area contributed by atoms with Crippen LogP contribution in [0.15, 0.2) is 30.5 Å². The quantitative estimate of drug-likeness (QED) is 0.849. The SMILES string of the molecule is CC1(NC(=O)c2ccc3cc[nH]c3c2)CCOC1. The second kappa shape index (κ2) is 4.14. The number of ether oxygens (including phenoxy) is 1. The van der Waals surface area contributed by atoms with Gasteiger partial charge in [0.25, 0.3) is 5.91 Å². The smallest absolute Gasteiger partial charge is 0.251 e. The van der Waals surface area contributed by atoms with E-state index in [1.807, 2.05) is 37.4 Å². The monoisotopic (exact) mass is 244 g/mol. The fourth-order valence-electron chi connectivity index (χ4n) is 2.30. The van der Waals surface area contributed by atoms with Crippen molar-refractivity contribution < 1.29 is 9.53 Å². The number of nitrogens with one attached hydrogen (secondary N) is 2. The van der Waals surface area contributed by atoms with Crippen LogP contribution in [0.5, 0.6) is 0 Å². The molecule has 0 bridgehead atoms. The van der Waals surface area contributed by atoms with E-state index < -0.39 is 0 Å². The first-order valence-electron chi connectivity index (χ1n) is 6.14. The van der Waals surface area contributed by atoms with Gasteiger partial charge in [-0.3, -0.25) is 4.79 Å². The lowest BCUT2D eigenvalue weighted by atomic mass is 10.0. The predicted molar refractivity (Wildman–Crippen MR) is 69.6 cm³/mol. The Bertz CT molecular complexity index is 582. The minimum absolute atomic E-state index is 0.0421. The molecule has 1 atom stereocenters. The predicted octanol–water partition coefficient (Wildman–Crippen LogP) is 2.08. The van der Waals surface area contributed by atoms with Crippen LogP contribution in [0.4, 0.5) is 0 Å². The zero-order chi connectivity index (χ0) is 12.6. The summed E-state index contributed by atoms with van der Waals surface area (Å²) in [6, 6.07) is 7.67. The number of carbonyl (C=O) groups is 1. The molecule has 1 aromatic carbocycles. The Labute approximate surface area is 105 Å². The number of H-pyrrole nitrogens is 1. The molecule has 2 N–H and O–H groups in total. The third-order valence-electron chi connectivity index (χ3n) is 3.45. The summed E-state index contributed by atoms with van der Waals surface area (Å²) >= 11 is 0. The van der Waals surface area contributed by atoms with Gasteiger partial charge in [-0.15, -0.1) is 0 Å². The normalized spacial score (nSPS) is 23.4. The summed E-state index contributed by atoms with van der Waals surface area (Å²) in [5, 5.41) is 4.16. The molecule has 1 aliphatic heterocycles. The molecule has 0 radical (unpaired) electrons. The van der Waals surface area contributed by atoms with Gasteiger partial charge in [0, 0.05) is 23.9 Å². The standard InChI is InChI=1S/C14H16N2O2/c1-14(5-7-18-9-14)16-13(17)11-3-2-10-4-6-15-12(10)8-11/h2-4,6,8,15H,5,7,9H2,1H3,(H,16,17). The van der Waals surface area contributed by atoms with Gasteiger partial charge in [0.2, 0.25) is 0 Å². The van der Waals surface area contributed by atoms with E-state index in [4.69, 9.17) is 4.74 Å². The van der Waals surface area contributed by atoms with Gasteiger partial charge in [-0.05, 0) is 36.9 Å². The third kappa shape index (κ3) is 1.99. The van der Waals surface area contributed by atoms with Crippen molar-refractivity contribution >= 4 is 16.8 Å². The topological polar surface area (TPSA) is 54.1 Å². The molecule has 0 saturated carbocycles. The van der Waals surface area contributed by atoms with Gasteiger partial charge in [0.15, 0.2) is 0 Å². The molecule has 0 spiro atoms. The van der Waals surface area contributed by atoms with E-state index in [0.29, 0.717) is 18.8 Å². The fourth-order valence-corrected chi connectivity index (χ4v) is 2.30. The van der Waals surface area contributed by atoms with Crippen LogP contribution < -0.4 is 5.32 Å². The Kier molecular flexibility index (Phi) is 2.59. The molecule has 1 aliphatic rings. The Morgan fingerprint density at radius 2 is 2.33 bits per heavy atom. The van der Waals surface area contributed by atoms with Crippen LogP contribution in [0.1, 0.15) is 23.7 Å². The van der Waals surface area contributed by atoms with E-state index in [2.05, 4.69) is 10.3 Å². The molecule has 1 unspecified atom stereocenters. The second-order valence-corrected chi connectivity index (χ2v) is 5.10. The van der Waals surface area contributed by atoms with E-state index in [9.17, 15) is 4.79 Å². The molecule has 1 fully saturated rings. The van der Waals surface area contributed by atoms with Crippen LogP contribution in [-0.4, -0.2) is 29.6 Å². The second-order valence-electron chi connectivity index (χ2n) is 5.10. The van der Waals surface area contributed by atoms with Crippen LogP contribution in [0.3, 0.4) is 0 Å². The first-order chi connectivity index (χ1) is 8.66. The zero-order valence-corrected chi connectivity index (χ0v) is 10.3. The van der Waals surface area contributed by atoms with Crippen molar-refractivity contribution in [3.8, 4) is 0 Å². The Hall–Kier alpha value is -1.81. The molecule has 2 heterocycles. The van der Waals surface area contributed by atoms with Gasteiger partial charge < -0.3 is 15.0 Å². The van der Waals surface area contributed by atoms with Gasteiger partial charge in [-0.25, -0.2) is 0 Å². The number of aromatic nitrogens is 1. The van der Waals surface area contributed by atoms with Crippen LogP contribution in [0, 0.1) is 0 Å². The number of amides is 1. The lowest BCUT2D eigenvalue weighted by Gasteiger charge is -2.23. The highest BCUT2D eigenvalue weighted by Crippen LogP contribution is 2.19. The van der Waals surface area contributed by atoms with Crippen molar-refractivity contribution in [3.63, 3.8) is 0 Å². The van der Waals surface area contributed by atoms with Crippen molar-refractivity contribution in [1.29, 1.82) is 0 Å². The molecular formula is C14H16N2O2. The average molecular weight is 244 g/mol. The van der Waals surface area contributed by atoms with Crippen molar-refractivity contribution in [2.45, 2.75) is 18.9 Å². The van der Waals surface area contributed by atoms with Gasteiger partial charge in [0.1, 0.15) is 0 Å². The Morgan fingerprint density at radius 3 is 3.11 bits per heavy atom. The third-order valence-corrected chi connectivity index (χ3v) is 3.45. The van der Waals surface area contributed by atoms with Crippen molar-refractivity contribution in [2.24, 2.45) is 0 Å². The number of carbonyl (C=O) groups excluding carboxylic acids is 1. The molecule has 1 aromatic heterocycles. The zero-order valence-electron chi connectivity index (χ0n) is 10.3. The van der Waals surface area contributed by atoms with E-state index in [-0.39, 0.29) is 11.4 Å². The summed E-state index contributed by atoms with van der Waals surface area (Å²) in [5.41, 5.74) is 1.43. The maximum Gasteiger partial charge on any atom is 0.251 e. The summed E-state index contributed by atoms with van der Waals surface area (Å²) in [4.78, 5) is 15.3. The number of hydrogen-bond acceptors (Lipinski definition) is 2.